The summed E-state index contributed by atoms with van der Waals surface area (Å²) in [5, 5.41) is 11.0. The van der Waals surface area contributed by atoms with Gasteiger partial charge in [0.2, 0.25) is 5.91 Å². The first-order chi connectivity index (χ1) is 15.4. The molecule has 32 heavy (non-hydrogen) atoms. The monoisotopic (exact) mass is 441 g/mol. The van der Waals surface area contributed by atoms with Crippen LogP contribution < -0.4 is 0 Å². The van der Waals surface area contributed by atoms with E-state index in [-0.39, 0.29) is 41.2 Å². The van der Waals surface area contributed by atoms with E-state index in [1.165, 1.54) is 5.56 Å². The van der Waals surface area contributed by atoms with Crippen molar-refractivity contribution in [3.05, 3.63) is 35.9 Å². The maximum Gasteiger partial charge on any atom is 0.222 e. The summed E-state index contributed by atoms with van der Waals surface area (Å²) in [6, 6.07) is 10.4. The first-order valence-corrected chi connectivity index (χ1v) is 12.7. The van der Waals surface area contributed by atoms with Crippen molar-refractivity contribution in [3.63, 3.8) is 0 Å². The Hall–Kier alpha value is -1.43. The van der Waals surface area contributed by atoms with Crippen molar-refractivity contribution in [3.8, 4) is 0 Å². The van der Waals surface area contributed by atoms with Gasteiger partial charge < -0.3 is 19.5 Å². The van der Waals surface area contributed by atoms with Crippen molar-refractivity contribution in [2.24, 2.45) is 22.7 Å². The average molecular weight is 442 g/mol. The number of aliphatic hydroxyl groups is 1. The average Bonchev–Trinajstić information content (AvgIpc) is 3.32. The summed E-state index contributed by atoms with van der Waals surface area (Å²) >= 11 is 0. The molecule has 5 rings (SSSR count). The van der Waals surface area contributed by atoms with Gasteiger partial charge in [-0.1, -0.05) is 44.2 Å². The predicted octanol–water partition coefficient (Wildman–Crippen LogP) is 4.18. The highest BCUT2D eigenvalue weighted by atomic mass is 16.7. The summed E-state index contributed by atoms with van der Waals surface area (Å²) in [4.78, 5) is 15.0. The molecule has 4 fully saturated rings. The number of rotatable bonds is 4. The minimum atomic E-state index is -0.390. The fourth-order valence-electron chi connectivity index (χ4n) is 7.48. The Morgan fingerprint density at radius 3 is 2.59 bits per heavy atom. The number of fused-ring (bicyclic) bond motifs is 3. The Kier molecular flexibility index (Phi) is 6.10. The molecule has 7 unspecified atom stereocenters. The van der Waals surface area contributed by atoms with E-state index in [1.807, 2.05) is 11.0 Å². The third-order valence-corrected chi connectivity index (χ3v) is 9.33. The molecule has 0 aromatic heterocycles. The third-order valence-electron chi connectivity index (χ3n) is 9.33. The summed E-state index contributed by atoms with van der Waals surface area (Å²) in [6.07, 6.45) is 6.80. The molecule has 2 aliphatic heterocycles. The van der Waals surface area contributed by atoms with Gasteiger partial charge >= 0.3 is 0 Å². The molecule has 0 radical (unpaired) electrons. The fraction of sp³-hybridized carbons (Fsp3) is 0.741. The van der Waals surface area contributed by atoms with Gasteiger partial charge in [-0.25, -0.2) is 0 Å². The normalized spacial score (nSPS) is 41.7. The molecular formula is C27H39NO4. The molecule has 1 amide bonds. The van der Waals surface area contributed by atoms with E-state index in [2.05, 4.69) is 38.1 Å². The summed E-state index contributed by atoms with van der Waals surface area (Å²) in [5.41, 5.74) is 1.11. The molecule has 1 aromatic rings. The highest BCUT2D eigenvalue weighted by molar-refractivity contribution is 5.76. The minimum Gasteiger partial charge on any atom is -0.393 e. The van der Waals surface area contributed by atoms with Gasteiger partial charge in [0, 0.05) is 31.3 Å². The van der Waals surface area contributed by atoms with Crippen LogP contribution in [0.3, 0.4) is 0 Å². The van der Waals surface area contributed by atoms with Crippen LogP contribution in [0, 0.1) is 22.7 Å². The predicted molar refractivity (Wildman–Crippen MR) is 123 cm³/mol. The van der Waals surface area contributed by atoms with Crippen LogP contribution in [0.15, 0.2) is 30.3 Å². The smallest absolute Gasteiger partial charge is 0.222 e. The second-order valence-corrected chi connectivity index (χ2v) is 11.2. The number of benzene rings is 1. The zero-order valence-electron chi connectivity index (χ0n) is 19.7. The zero-order valence-corrected chi connectivity index (χ0v) is 19.7. The number of hydrogen-bond acceptors (Lipinski definition) is 4. The third kappa shape index (κ3) is 3.91. The Morgan fingerprint density at radius 1 is 1.09 bits per heavy atom. The standard InChI is InChI=1S/C27H39NO4/c1-26-13-12-23-27(2,18-31-25(32-23)16-19-8-4-3-5-9-19)22(26)11-10-21(29)20(26)17-24(30)28-14-6-7-15-28/h3-5,8-9,20-23,25,29H,6-7,10-18H2,1-2H3. The topological polar surface area (TPSA) is 59.0 Å². The number of likely N-dealkylation sites (tertiary alicyclic amines) is 1. The molecule has 0 spiro atoms. The Morgan fingerprint density at radius 2 is 1.84 bits per heavy atom. The van der Waals surface area contributed by atoms with Crippen LogP contribution in [-0.4, -0.2) is 54.1 Å². The summed E-state index contributed by atoms with van der Waals surface area (Å²) in [7, 11) is 0. The molecule has 4 aliphatic rings. The van der Waals surface area contributed by atoms with Crippen LogP contribution in [-0.2, 0) is 20.7 Å². The molecule has 2 aliphatic carbocycles. The van der Waals surface area contributed by atoms with Crippen molar-refractivity contribution < 1.29 is 19.4 Å². The van der Waals surface area contributed by atoms with Gasteiger partial charge in [-0.3, -0.25) is 4.79 Å². The van der Waals surface area contributed by atoms with Gasteiger partial charge in [-0.05, 0) is 61.3 Å². The van der Waals surface area contributed by atoms with Crippen LogP contribution in [0.2, 0.25) is 0 Å². The molecule has 5 heteroatoms. The second kappa shape index (κ2) is 8.73. The lowest BCUT2D eigenvalue weighted by atomic mass is 9.46. The van der Waals surface area contributed by atoms with Gasteiger partial charge in [0.15, 0.2) is 6.29 Å². The molecule has 1 N–H and O–H groups in total. The maximum atomic E-state index is 13.0. The summed E-state index contributed by atoms with van der Waals surface area (Å²) < 4.78 is 12.9. The molecule has 1 aromatic carbocycles. The first-order valence-electron chi connectivity index (χ1n) is 12.7. The number of aliphatic hydroxyl groups excluding tert-OH is 1. The summed E-state index contributed by atoms with van der Waals surface area (Å²) in [5.74, 6) is 0.653. The second-order valence-electron chi connectivity index (χ2n) is 11.2. The Balaban J connectivity index is 1.31. The largest absolute Gasteiger partial charge is 0.393 e. The van der Waals surface area contributed by atoms with Gasteiger partial charge in [0.25, 0.3) is 0 Å². The van der Waals surface area contributed by atoms with Gasteiger partial charge in [-0.2, -0.15) is 0 Å². The van der Waals surface area contributed by atoms with E-state index < -0.39 is 0 Å². The zero-order chi connectivity index (χ0) is 22.3. The number of amides is 1. The highest BCUT2D eigenvalue weighted by Gasteiger charge is 2.61. The van der Waals surface area contributed by atoms with Crippen LogP contribution in [0.5, 0.6) is 0 Å². The number of nitrogens with zero attached hydrogens (tertiary/aromatic N) is 1. The lowest BCUT2D eigenvalue weighted by Crippen LogP contribution is -2.63. The van der Waals surface area contributed by atoms with Gasteiger partial charge in [0.1, 0.15) is 0 Å². The van der Waals surface area contributed by atoms with Crippen molar-refractivity contribution in [1.82, 2.24) is 4.90 Å². The molecular weight excluding hydrogens is 402 g/mol. The van der Waals surface area contributed by atoms with Crippen molar-refractivity contribution in [1.29, 1.82) is 0 Å². The molecule has 7 atom stereocenters. The van der Waals surface area contributed by atoms with Crippen LogP contribution in [0.25, 0.3) is 0 Å². The Bertz CT molecular complexity index is 809. The highest BCUT2D eigenvalue weighted by Crippen LogP contribution is 2.62. The maximum absolute atomic E-state index is 13.0. The molecule has 0 bridgehead atoms. The SMILES string of the molecule is CC12COC(Cc3ccccc3)OC1CCC1(C)C(CC(=O)N3CCCC3)C(O)CCC21. The molecule has 2 saturated heterocycles. The van der Waals surface area contributed by atoms with E-state index in [4.69, 9.17) is 9.47 Å². The van der Waals surface area contributed by atoms with E-state index in [0.29, 0.717) is 18.9 Å². The Labute approximate surface area is 192 Å². The molecule has 5 nitrogen and oxygen atoms in total. The van der Waals surface area contributed by atoms with Gasteiger partial charge in [-0.15, -0.1) is 0 Å². The van der Waals surface area contributed by atoms with E-state index in [0.717, 1.165) is 58.0 Å². The van der Waals surface area contributed by atoms with Crippen LogP contribution in [0.4, 0.5) is 0 Å². The first kappa shape index (κ1) is 22.4. The lowest BCUT2D eigenvalue weighted by Gasteiger charge is -2.63. The van der Waals surface area contributed by atoms with Crippen molar-refractivity contribution in [2.45, 2.75) is 83.7 Å². The van der Waals surface area contributed by atoms with E-state index in [9.17, 15) is 9.90 Å². The number of ether oxygens (including phenoxy) is 2. The molecule has 2 saturated carbocycles. The van der Waals surface area contributed by atoms with E-state index in [1.54, 1.807) is 0 Å². The molecule has 176 valence electrons. The molecule has 2 heterocycles. The van der Waals surface area contributed by atoms with E-state index >= 15 is 0 Å². The van der Waals surface area contributed by atoms with Crippen molar-refractivity contribution in [2.75, 3.05) is 19.7 Å². The van der Waals surface area contributed by atoms with Crippen LogP contribution in [0.1, 0.15) is 64.4 Å². The lowest BCUT2D eigenvalue weighted by molar-refractivity contribution is -0.308. The minimum absolute atomic E-state index is 0.0224. The number of carbonyl (C=O) groups is 1. The van der Waals surface area contributed by atoms with Crippen LogP contribution >= 0.6 is 0 Å². The number of hydrogen-bond donors (Lipinski definition) is 1. The quantitative estimate of drug-likeness (QED) is 0.762. The fourth-order valence-corrected chi connectivity index (χ4v) is 7.48. The summed E-state index contributed by atoms with van der Waals surface area (Å²) in [6.45, 7) is 7.12. The van der Waals surface area contributed by atoms with Gasteiger partial charge in [0.05, 0.1) is 18.8 Å². The van der Waals surface area contributed by atoms with Crippen molar-refractivity contribution >= 4 is 5.91 Å². The number of carbonyl (C=O) groups excluding carboxylic acids is 1.